The first-order valence-corrected chi connectivity index (χ1v) is 8.54. The quantitative estimate of drug-likeness (QED) is 0.481. The number of nitrogens with one attached hydrogen (secondary N) is 2. The largest absolute Gasteiger partial charge is 0.431 e. The molecule has 1 aliphatic rings. The molecule has 0 aliphatic heterocycles. The van der Waals surface area contributed by atoms with E-state index in [0.29, 0.717) is 41.4 Å². The van der Waals surface area contributed by atoms with Crippen LogP contribution in [0.2, 0.25) is 0 Å². The molecule has 0 amide bonds. The third-order valence-corrected chi connectivity index (χ3v) is 4.87. The van der Waals surface area contributed by atoms with Crippen molar-refractivity contribution >= 4 is 34.1 Å². The van der Waals surface area contributed by atoms with Gasteiger partial charge in [0.1, 0.15) is 5.70 Å². The molecule has 0 saturated carbocycles. The van der Waals surface area contributed by atoms with Gasteiger partial charge in [-0.2, -0.15) is 13.2 Å². The summed E-state index contributed by atoms with van der Waals surface area (Å²) in [5, 5.41) is 16.3. The second-order valence-corrected chi connectivity index (χ2v) is 6.64. The molecule has 1 aliphatic carbocycles. The summed E-state index contributed by atoms with van der Waals surface area (Å²) in [5.74, 6) is 0. The molecule has 0 atom stereocenters. The summed E-state index contributed by atoms with van der Waals surface area (Å²) < 4.78 is 39.5. The average molecular weight is 375 g/mol. The summed E-state index contributed by atoms with van der Waals surface area (Å²) in [7, 11) is 0. The molecule has 3 rings (SSSR count). The molecule has 1 aromatic heterocycles. The van der Waals surface area contributed by atoms with Crippen LogP contribution >= 0.6 is 0 Å². The molecule has 8 heteroatoms. The number of benzene rings is 1. The van der Waals surface area contributed by atoms with Crippen LogP contribution in [0.4, 0.5) is 18.9 Å². The summed E-state index contributed by atoms with van der Waals surface area (Å²) in [6, 6.07) is 3.24. The SMILES string of the molecule is CC(=N)c1c(N)ccc2nc(C(C=N)=C(N)C(F)(F)F)c3c(c12)CCCC3. The number of alkyl halides is 3. The molecule has 0 radical (unpaired) electrons. The van der Waals surface area contributed by atoms with Gasteiger partial charge in [-0.1, -0.05) is 0 Å². The van der Waals surface area contributed by atoms with Gasteiger partial charge < -0.3 is 22.3 Å². The van der Waals surface area contributed by atoms with E-state index in [-0.39, 0.29) is 11.4 Å². The number of aryl methyl sites for hydroxylation is 1. The van der Waals surface area contributed by atoms with Crippen LogP contribution in [-0.4, -0.2) is 23.1 Å². The Kier molecular flexibility index (Phi) is 4.67. The third kappa shape index (κ3) is 3.15. The number of fused-ring (bicyclic) bond motifs is 3. The van der Waals surface area contributed by atoms with E-state index in [9.17, 15) is 13.2 Å². The van der Waals surface area contributed by atoms with Crippen molar-refractivity contribution in [2.75, 3.05) is 5.73 Å². The molecule has 1 heterocycles. The smallest absolute Gasteiger partial charge is 0.398 e. The lowest BCUT2D eigenvalue weighted by Crippen LogP contribution is -2.23. The number of allylic oxidation sites excluding steroid dienone is 2. The first-order chi connectivity index (χ1) is 12.7. The van der Waals surface area contributed by atoms with Gasteiger partial charge in [-0.05, 0) is 55.9 Å². The number of hydrogen-bond acceptors (Lipinski definition) is 5. The van der Waals surface area contributed by atoms with Crippen LogP contribution in [0.15, 0.2) is 17.8 Å². The van der Waals surface area contributed by atoms with E-state index in [1.54, 1.807) is 19.1 Å². The summed E-state index contributed by atoms with van der Waals surface area (Å²) in [6.45, 7) is 1.62. The van der Waals surface area contributed by atoms with Gasteiger partial charge in [0.2, 0.25) is 0 Å². The van der Waals surface area contributed by atoms with Crippen molar-refractivity contribution in [3.63, 3.8) is 0 Å². The van der Waals surface area contributed by atoms with Crippen LogP contribution < -0.4 is 11.5 Å². The maximum atomic E-state index is 13.2. The maximum absolute atomic E-state index is 13.2. The van der Waals surface area contributed by atoms with Gasteiger partial charge in [0, 0.05) is 34.1 Å². The first kappa shape index (κ1) is 18.9. The summed E-state index contributed by atoms with van der Waals surface area (Å²) in [6.07, 6.45) is -1.24. The Labute approximate surface area is 154 Å². The third-order valence-electron chi connectivity index (χ3n) is 4.87. The van der Waals surface area contributed by atoms with Crippen molar-refractivity contribution in [1.82, 2.24) is 4.98 Å². The molecule has 0 spiro atoms. The fraction of sp³-hybridized carbons (Fsp3) is 0.316. The van der Waals surface area contributed by atoms with Gasteiger partial charge >= 0.3 is 6.18 Å². The highest BCUT2D eigenvalue weighted by Gasteiger charge is 2.35. The topological polar surface area (TPSA) is 113 Å². The van der Waals surface area contributed by atoms with E-state index in [2.05, 4.69) is 4.98 Å². The van der Waals surface area contributed by atoms with Gasteiger partial charge in [-0.15, -0.1) is 0 Å². The minimum atomic E-state index is -4.75. The number of pyridine rings is 1. The van der Waals surface area contributed by atoms with Crippen LogP contribution in [0.3, 0.4) is 0 Å². The molecule has 142 valence electrons. The highest BCUT2D eigenvalue weighted by molar-refractivity contribution is 6.15. The molecule has 5 nitrogen and oxygen atoms in total. The lowest BCUT2D eigenvalue weighted by atomic mass is 9.84. The monoisotopic (exact) mass is 375 g/mol. The summed E-state index contributed by atoms with van der Waals surface area (Å²) in [4.78, 5) is 4.44. The van der Waals surface area contributed by atoms with E-state index in [4.69, 9.17) is 22.3 Å². The Balaban J connectivity index is 2.46. The minimum Gasteiger partial charge on any atom is -0.398 e. The Bertz CT molecular complexity index is 989. The Hall–Kier alpha value is -2.90. The molecule has 1 aromatic carbocycles. The molecule has 0 saturated heterocycles. The lowest BCUT2D eigenvalue weighted by Gasteiger charge is -2.24. The zero-order valence-corrected chi connectivity index (χ0v) is 14.8. The van der Waals surface area contributed by atoms with Gasteiger partial charge in [0.25, 0.3) is 0 Å². The maximum Gasteiger partial charge on any atom is 0.431 e. The van der Waals surface area contributed by atoms with E-state index in [0.717, 1.165) is 23.8 Å². The minimum absolute atomic E-state index is 0.0976. The number of rotatable bonds is 3. The number of halogens is 3. The molecule has 27 heavy (non-hydrogen) atoms. The van der Waals surface area contributed by atoms with Crippen LogP contribution in [0.5, 0.6) is 0 Å². The number of aromatic nitrogens is 1. The predicted molar refractivity (Wildman–Crippen MR) is 101 cm³/mol. The lowest BCUT2D eigenvalue weighted by molar-refractivity contribution is -0.0919. The van der Waals surface area contributed by atoms with Crippen LogP contribution in [0.1, 0.15) is 42.1 Å². The zero-order valence-electron chi connectivity index (χ0n) is 14.8. The van der Waals surface area contributed by atoms with Crippen molar-refractivity contribution in [2.24, 2.45) is 5.73 Å². The Morgan fingerprint density at radius 1 is 1.19 bits per heavy atom. The molecule has 0 fully saturated rings. The van der Waals surface area contributed by atoms with E-state index < -0.39 is 17.4 Å². The second-order valence-electron chi connectivity index (χ2n) is 6.64. The van der Waals surface area contributed by atoms with Crippen molar-refractivity contribution in [2.45, 2.75) is 38.8 Å². The van der Waals surface area contributed by atoms with Crippen LogP contribution in [0.25, 0.3) is 16.5 Å². The molecular weight excluding hydrogens is 355 g/mol. The first-order valence-electron chi connectivity index (χ1n) is 8.54. The molecular formula is C19H20F3N5. The van der Waals surface area contributed by atoms with Crippen LogP contribution in [0, 0.1) is 10.8 Å². The van der Waals surface area contributed by atoms with Crippen molar-refractivity contribution < 1.29 is 13.2 Å². The fourth-order valence-electron chi connectivity index (χ4n) is 3.69. The van der Waals surface area contributed by atoms with Crippen molar-refractivity contribution in [3.8, 4) is 0 Å². The van der Waals surface area contributed by atoms with Crippen LogP contribution in [-0.2, 0) is 12.8 Å². The fourth-order valence-corrected chi connectivity index (χ4v) is 3.69. The van der Waals surface area contributed by atoms with Gasteiger partial charge in [-0.25, -0.2) is 4.98 Å². The van der Waals surface area contributed by atoms with E-state index in [1.165, 1.54) is 0 Å². The molecule has 0 bridgehead atoms. The number of nitrogen functional groups attached to an aromatic ring is 1. The zero-order chi connectivity index (χ0) is 19.9. The van der Waals surface area contributed by atoms with E-state index >= 15 is 0 Å². The second kappa shape index (κ2) is 6.68. The number of nitrogens with two attached hydrogens (primary N) is 2. The molecule has 0 unspecified atom stereocenters. The van der Waals surface area contributed by atoms with Crippen molar-refractivity contribution in [3.05, 3.63) is 40.2 Å². The van der Waals surface area contributed by atoms with Gasteiger partial charge in [-0.3, -0.25) is 0 Å². The summed E-state index contributed by atoms with van der Waals surface area (Å²) in [5.41, 5.74) is 13.0. The highest BCUT2D eigenvalue weighted by atomic mass is 19.4. The van der Waals surface area contributed by atoms with E-state index in [1.807, 2.05) is 0 Å². The Morgan fingerprint density at radius 2 is 1.81 bits per heavy atom. The normalized spacial score (nSPS) is 15.3. The molecule has 2 aromatic rings. The standard InChI is InChI=1S/C19H20F3N5/c1-9(24)15-13(25)6-7-14-16(15)10-4-2-3-5-11(10)17(27-14)12(8-23)18(26)19(20,21)22/h6-8,23-24H,2-5,25-26H2,1H3. The number of nitrogens with zero attached hydrogens (tertiary/aromatic N) is 1. The van der Waals surface area contributed by atoms with Gasteiger partial charge in [0.15, 0.2) is 0 Å². The highest BCUT2D eigenvalue weighted by Crippen LogP contribution is 2.38. The average Bonchev–Trinajstić information content (AvgIpc) is 2.61. The summed E-state index contributed by atoms with van der Waals surface area (Å²) >= 11 is 0. The molecule has 6 N–H and O–H groups in total. The number of anilines is 1. The Morgan fingerprint density at radius 3 is 2.37 bits per heavy atom. The van der Waals surface area contributed by atoms with Crippen molar-refractivity contribution in [1.29, 1.82) is 10.8 Å². The number of hydrogen-bond donors (Lipinski definition) is 4. The van der Waals surface area contributed by atoms with Gasteiger partial charge in [0.05, 0.1) is 11.2 Å². The predicted octanol–water partition coefficient (Wildman–Crippen LogP) is 3.97.